The summed E-state index contributed by atoms with van der Waals surface area (Å²) in [4.78, 5) is 45.0. The number of para-hydroxylation sites is 2. The van der Waals surface area contributed by atoms with Crippen molar-refractivity contribution >= 4 is 105 Å². The van der Waals surface area contributed by atoms with Crippen LogP contribution in [0.2, 0.25) is 13.1 Å². The summed E-state index contributed by atoms with van der Waals surface area (Å²) < 4.78 is 12.3. The molecule has 0 spiro atoms. The van der Waals surface area contributed by atoms with Gasteiger partial charge in [-0.3, -0.25) is 0 Å². The maximum absolute atomic E-state index is 6.16. The Bertz CT molecular complexity index is 8450. The number of benzene rings is 19. The molecule has 0 bridgehead atoms. The molecule has 1 aliphatic rings. The van der Waals surface area contributed by atoms with E-state index in [4.69, 9.17) is 53.7 Å². The number of rotatable bonds is 12. The van der Waals surface area contributed by atoms with Gasteiger partial charge in [-0.05, 0) is 147 Å². The average Bonchev–Trinajstić information content (AvgIpc) is 1.55. The van der Waals surface area contributed by atoms with Crippen molar-refractivity contribution in [3.05, 3.63) is 431 Å². The van der Waals surface area contributed by atoms with Gasteiger partial charge in [-0.1, -0.05) is 395 Å². The Morgan fingerprint density at radius 3 is 0.961 bits per heavy atom. The van der Waals surface area contributed by atoms with Gasteiger partial charge < -0.3 is 8.83 Å². The van der Waals surface area contributed by atoms with Crippen LogP contribution in [0.25, 0.3) is 234 Å². The minimum atomic E-state index is -1.99. The van der Waals surface area contributed by atoms with Crippen LogP contribution in [0.1, 0.15) is 0 Å². The highest BCUT2D eigenvalue weighted by atomic mass is 28.3. The van der Waals surface area contributed by atoms with Crippen LogP contribution in [0.5, 0.6) is 0 Å². The maximum Gasteiger partial charge on any atom is 0.164 e. The maximum atomic E-state index is 6.16. The summed E-state index contributed by atoms with van der Waals surface area (Å²) in [7, 11) is -1.99. The van der Waals surface area contributed by atoms with E-state index in [0.29, 0.717) is 52.4 Å². The van der Waals surface area contributed by atoms with Crippen LogP contribution in [0.3, 0.4) is 0 Å². The van der Waals surface area contributed by atoms with E-state index in [1.54, 1.807) is 0 Å². The van der Waals surface area contributed by atoms with Gasteiger partial charge in [0.1, 0.15) is 30.4 Å². The molecule has 0 radical (unpaired) electrons. The van der Waals surface area contributed by atoms with Gasteiger partial charge in [0.15, 0.2) is 52.4 Å². The summed E-state index contributed by atoms with van der Waals surface area (Å²) in [5.74, 6) is 5.80. The van der Waals surface area contributed by atoms with Gasteiger partial charge in [0, 0.05) is 71.6 Å². The molecule has 11 nitrogen and oxygen atoms in total. The predicted molar refractivity (Wildman–Crippen MR) is 531 cm³/mol. The van der Waals surface area contributed by atoms with Gasteiger partial charge in [0.25, 0.3) is 0 Å². The third-order valence-corrected chi connectivity index (χ3v) is 28.3. The van der Waals surface area contributed by atoms with E-state index >= 15 is 0 Å². The van der Waals surface area contributed by atoms with Crippen molar-refractivity contribution in [1.29, 1.82) is 0 Å². The molecule has 0 saturated carbocycles. The molecule has 6 heterocycles. The van der Waals surface area contributed by atoms with Crippen molar-refractivity contribution in [2.45, 2.75) is 13.1 Å². The lowest BCUT2D eigenvalue weighted by molar-refractivity contribution is 0.668. The molecule has 0 aliphatic carbocycles. The first-order valence-electron chi connectivity index (χ1n) is 43.4. The molecule has 0 atom stereocenters. The number of hydrogen-bond acceptors (Lipinski definition) is 11. The summed E-state index contributed by atoms with van der Waals surface area (Å²) in [6, 6.07) is 149. The van der Waals surface area contributed by atoms with Crippen LogP contribution in [0, 0.1) is 0 Å². The molecule has 0 fully saturated rings. The Kier molecular flexibility index (Phi) is 19.5. The standard InChI is InChI=1S/C43H31N3Si.2C37H23N3O/c1-47(2)38-18-10-17-37(39(38)36-26-25-30-12-8-9-16-35(30)40(36)47)43-45-41(31-13-4-3-5-14-31)44-42(46-43)32-22-19-29(20-23-32)34-24-21-28-11-6-7-15-33(28)27-34;1-2-10-26(11-3-1)35-38-36(27-20-17-25(18-21-27)29-22-19-24-9-4-5-12-28(24)23-29)40-37(39-35)31-14-8-16-33-34(31)30-13-6-7-15-32(30)41-33;1-2-9-26(10-3-1)35-38-36(27-17-14-25(15-18-27)29-19-16-24-8-4-5-11-28(24)22-29)40-37(39-35)30-20-21-32-31-12-6-7-13-33(31)41-34(32)23-30/h3-27H,1-2H3;2*1-23H. The second-order valence-corrected chi connectivity index (χ2v) is 37.4. The van der Waals surface area contributed by atoms with Gasteiger partial charge in [0.2, 0.25) is 0 Å². The van der Waals surface area contributed by atoms with Crippen LogP contribution in [0.4, 0.5) is 0 Å². The van der Waals surface area contributed by atoms with Gasteiger partial charge in [-0.25, -0.2) is 44.9 Å². The summed E-state index contributed by atoms with van der Waals surface area (Å²) >= 11 is 0. The number of aromatic nitrogens is 9. The smallest absolute Gasteiger partial charge is 0.164 e. The topological polar surface area (TPSA) is 142 Å². The Balaban J connectivity index is 0.000000111. The Labute approximate surface area is 744 Å². The van der Waals surface area contributed by atoms with Crippen molar-refractivity contribution in [2.75, 3.05) is 0 Å². The third kappa shape index (κ3) is 14.7. The zero-order chi connectivity index (χ0) is 85.9. The summed E-state index contributed by atoms with van der Waals surface area (Å²) in [5.41, 5.74) is 21.4. The Morgan fingerprint density at radius 2 is 0.488 bits per heavy atom. The second kappa shape index (κ2) is 32.6. The van der Waals surface area contributed by atoms with Crippen LogP contribution >= 0.6 is 0 Å². The van der Waals surface area contributed by atoms with Crippen molar-refractivity contribution in [1.82, 2.24) is 44.9 Å². The fourth-order valence-corrected chi connectivity index (χ4v) is 21.7. The minimum absolute atomic E-state index is 0.606. The molecule has 129 heavy (non-hydrogen) atoms. The van der Waals surface area contributed by atoms with Gasteiger partial charge in [0.05, 0.1) is 0 Å². The summed E-state index contributed by atoms with van der Waals surface area (Å²) in [6.45, 7) is 4.94. The lowest BCUT2D eigenvalue weighted by atomic mass is 9.96. The normalized spacial score (nSPS) is 12.0. The Hall–Kier alpha value is -16.9. The zero-order valence-electron chi connectivity index (χ0n) is 70.3. The fourth-order valence-electron chi connectivity index (χ4n) is 18.2. The van der Waals surface area contributed by atoms with Crippen molar-refractivity contribution in [3.8, 4) is 147 Å². The number of nitrogens with zero attached hydrogens (tertiary/aromatic N) is 9. The van der Waals surface area contributed by atoms with Crippen LogP contribution in [0.15, 0.2) is 440 Å². The molecule has 0 unspecified atom stereocenters. The first-order chi connectivity index (χ1) is 63.6. The number of hydrogen-bond donors (Lipinski definition) is 0. The van der Waals surface area contributed by atoms with Crippen molar-refractivity contribution in [2.24, 2.45) is 0 Å². The molecule has 0 N–H and O–H groups in total. The molecular formula is C117H77N9O2Si. The molecule has 1 aliphatic heterocycles. The molecule has 25 rings (SSSR count). The quantitative estimate of drug-likeness (QED) is 0.108. The van der Waals surface area contributed by atoms with E-state index < -0.39 is 8.07 Å². The second-order valence-electron chi connectivity index (χ2n) is 33.1. The highest BCUT2D eigenvalue weighted by Crippen LogP contribution is 2.43. The van der Waals surface area contributed by atoms with Crippen LogP contribution < -0.4 is 10.4 Å². The van der Waals surface area contributed by atoms with Crippen LogP contribution in [-0.4, -0.2) is 52.9 Å². The van der Waals surface area contributed by atoms with Gasteiger partial charge in [-0.15, -0.1) is 0 Å². The third-order valence-electron chi connectivity index (χ3n) is 24.8. The molecule has 19 aromatic carbocycles. The largest absolute Gasteiger partial charge is 0.456 e. The average molecular weight is 1670 g/mol. The van der Waals surface area contributed by atoms with Crippen molar-refractivity contribution < 1.29 is 8.83 Å². The lowest BCUT2D eigenvalue weighted by Gasteiger charge is -2.20. The molecule has 5 aromatic heterocycles. The van der Waals surface area contributed by atoms with Crippen molar-refractivity contribution in [3.63, 3.8) is 0 Å². The van der Waals surface area contributed by atoms with E-state index in [1.807, 2.05) is 133 Å². The molecular weight excluding hydrogens is 1590 g/mol. The van der Waals surface area contributed by atoms with E-state index in [1.165, 1.54) is 81.3 Å². The zero-order valence-corrected chi connectivity index (χ0v) is 71.3. The highest BCUT2D eigenvalue weighted by Gasteiger charge is 2.41. The van der Waals surface area contributed by atoms with Gasteiger partial charge in [-0.2, -0.15) is 0 Å². The summed E-state index contributed by atoms with van der Waals surface area (Å²) in [5, 5.41) is 17.2. The number of furan rings is 2. The van der Waals surface area contributed by atoms with Gasteiger partial charge >= 0.3 is 0 Å². The lowest BCUT2D eigenvalue weighted by Crippen LogP contribution is -2.49. The molecule has 24 aromatic rings. The predicted octanol–water partition coefficient (Wildman–Crippen LogP) is 28.8. The first kappa shape index (κ1) is 76.9. The SMILES string of the molecule is C[Si]1(C)c2cccc(-c3nc(-c4ccccc4)nc(-c4ccc(-c5ccc6ccccc6c5)cc4)n3)c2-c2ccc3ccccc3c21.c1ccc(-c2nc(-c3ccc(-c4ccc5ccccc5c4)cc3)nc(-c3ccc4c(c3)oc3ccccc34)n2)cc1.c1ccc(-c2nc(-c3ccc(-c4ccc5ccccc5c4)cc3)nc(-c3cccc4oc5ccccc5c34)n2)cc1. The number of fused-ring (bicyclic) bond motifs is 14. The molecule has 606 valence electrons. The van der Waals surface area contributed by atoms with E-state index in [0.717, 1.165) is 111 Å². The fraction of sp³-hybridized carbons (Fsp3) is 0.0171. The van der Waals surface area contributed by atoms with Crippen LogP contribution in [-0.2, 0) is 0 Å². The minimum Gasteiger partial charge on any atom is -0.456 e. The molecule has 0 amide bonds. The molecule has 0 saturated heterocycles. The van der Waals surface area contributed by atoms with E-state index in [2.05, 4.69) is 310 Å². The summed E-state index contributed by atoms with van der Waals surface area (Å²) in [6.07, 6.45) is 0. The highest BCUT2D eigenvalue weighted by molar-refractivity contribution is 7.05. The van der Waals surface area contributed by atoms with E-state index in [9.17, 15) is 0 Å². The molecule has 12 heteroatoms. The van der Waals surface area contributed by atoms with E-state index in [-0.39, 0.29) is 0 Å². The first-order valence-corrected chi connectivity index (χ1v) is 46.4. The monoisotopic (exact) mass is 1670 g/mol. The Morgan fingerprint density at radius 1 is 0.178 bits per heavy atom.